The van der Waals surface area contributed by atoms with Crippen LogP contribution in [0, 0.1) is 11.8 Å². The number of carbonyl (C=O) groups excluding carboxylic acids is 1. The first-order valence-corrected chi connectivity index (χ1v) is 9.37. The van der Waals surface area contributed by atoms with Crippen LogP contribution in [0.5, 0.6) is 6.08 Å². The molecular weight excluding hydrogens is 352 g/mol. The number of benzene rings is 1. The third kappa shape index (κ3) is 5.49. The van der Waals surface area contributed by atoms with Gasteiger partial charge in [-0.05, 0) is 37.3 Å². The summed E-state index contributed by atoms with van der Waals surface area (Å²) in [4.78, 5) is 18.7. The van der Waals surface area contributed by atoms with Crippen LogP contribution in [-0.4, -0.2) is 28.9 Å². The molecule has 1 aromatic heterocycles. The van der Waals surface area contributed by atoms with Crippen molar-refractivity contribution in [2.24, 2.45) is 11.8 Å². The van der Waals surface area contributed by atoms with E-state index in [1.807, 2.05) is 6.92 Å². The second-order valence-electron chi connectivity index (χ2n) is 7.02. The van der Waals surface area contributed by atoms with Gasteiger partial charge < -0.3 is 14.1 Å². The first kappa shape index (κ1) is 20.3. The molecule has 2 rings (SSSR count). The summed E-state index contributed by atoms with van der Waals surface area (Å²) >= 11 is 5.94. The van der Waals surface area contributed by atoms with E-state index in [1.54, 1.807) is 23.1 Å². The quantitative estimate of drug-likeness (QED) is 0.625. The van der Waals surface area contributed by atoms with Crippen LogP contribution in [0.25, 0.3) is 11.1 Å². The molecule has 1 amide bonds. The molecule has 0 atom stereocenters. The van der Waals surface area contributed by atoms with Crippen LogP contribution >= 0.6 is 11.6 Å². The molecule has 2 aromatic rings. The summed E-state index contributed by atoms with van der Waals surface area (Å²) in [5, 5.41) is 0.561. The van der Waals surface area contributed by atoms with E-state index in [2.05, 4.69) is 38.8 Å². The highest BCUT2D eigenvalue weighted by molar-refractivity contribution is 6.31. The van der Waals surface area contributed by atoms with Crippen molar-refractivity contribution < 1.29 is 13.9 Å². The van der Waals surface area contributed by atoms with Gasteiger partial charge in [0.05, 0.1) is 0 Å². The molecule has 0 radical (unpaired) electrons. The zero-order valence-electron chi connectivity index (χ0n) is 16.1. The third-order valence-corrected chi connectivity index (χ3v) is 3.99. The van der Waals surface area contributed by atoms with E-state index < -0.39 is 0 Å². The van der Waals surface area contributed by atoms with E-state index in [9.17, 15) is 4.79 Å². The highest BCUT2D eigenvalue weighted by Crippen LogP contribution is 2.24. The first-order valence-electron chi connectivity index (χ1n) is 9.00. The molecule has 5 nitrogen and oxygen atoms in total. The summed E-state index contributed by atoms with van der Waals surface area (Å²) in [5.74, 6) is 0.721. The van der Waals surface area contributed by atoms with Gasteiger partial charge in [0, 0.05) is 23.3 Å². The molecule has 26 heavy (non-hydrogen) atoms. The maximum absolute atomic E-state index is 12.7. The van der Waals surface area contributed by atoms with E-state index in [-0.39, 0.29) is 18.6 Å². The second-order valence-corrected chi connectivity index (χ2v) is 7.45. The Balaban J connectivity index is 2.09. The van der Waals surface area contributed by atoms with Crippen molar-refractivity contribution in [3.63, 3.8) is 0 Å². The summed E-state index contributed by atoms with van der Waals surface area (Å²) in [5.41, 5.74) is 2.22. The highest BCUT2D eigenvalue weighted by Gasteiger charge is 2.19. The van der Waals surface area contributed by atoms with Gasteiger partial charge in [0.1, 0.15) is 5.52 Å². The molecule has 1 aromatic carbocycles. The van der Waals surface area contributed by atoms with Gasteiger partial charge in [0.15, 0.2) is 12.2 Å². The van der Waals surface area contributed by atoms with Gasteiger partial charge in [-0.1, -0.05) is 45.4 Å². The number of halogens is 1. The summed E-state index contributed by atoms with van der Waals surface area (Å²) in [6.45, 7) is 10.9. The molecule has 0 saturated carbocycles. The van der Waals surface area contributed by atoms with Crippen molar-refractivity contribution in [1.29, 1.82) is 0 Å². The van der Waals surface area contributed by atoms with Crippen LogP contribution in [-0.2, 0) is 4.79 Å². The fraction of sp³-hybridized carbons (Fsp3) is 0.500. The maximum Gasteiger partial charge on any atom is 0.395 e. The van der Waals surface area contributed by atoms with Crippen molar-refractivity contribution in [2.45, 2.75) is 41.0 Å². The van der Waals surface area contributed by atoms with Crippen molar-refractivity contribution in [3.05, 3.63) is 35.0 Å². The average Bonchev–Trinajstić information content (AvgIpc) is 2.94. The van der Waals surface area contributed by atoms with E-state index in [4.69, 9.17) is 20.8 Å². The molecule has 0 fully saturated rings. The zero-order valence-corrected chi connectivity index (χ0v) is 16.8. The molecule has 0 aliphatic carbocycles. The van der Waals surface area contributed by atoms with E-state index in [0.29, 0.717) is 34.5 Å². The lowest BCUT2D eigenvalue weighted by molar-refractivity contribution is -0.131. The minimum atomic E-state index is -0.123. The number of nitrogens with zero attached hydrogens (tertiary/aromatic N) is 2. The lowest BCUT2D eigenvalue weighted by Crippen LogP contribution is -2.35. The van der Waals surface area contributed by atoms with Gasteiger partial charge in [-0.3, -0.25) is 4.79 Å². The molecule has 0 bridgehead atoms. The zero-order chi connectivity index (χ0) is 19.3. The standard InChI is InChI=1S/C20H27ClN2O3/c1-6-23(16(9-13(2)3)10-14(4)5)19(24)12-25-20-22-17-8-7-15(21)11-18(17)26-20/h7-9,11,13-14H,6,10,12H2,1-5H3/b16-9-. The molecule has 142 valence electrons. The Labute approximate surface area is 160 Å². The highest BCUT2D eigenvalue weighted by atomic mass is 35.5. The summed E-state index contributed by atoms with van der Waals surface area (Å²) in [7, 11) is 0. The van der Waals surface area contributed by atoms with Crippen LogP contribution in [0.1, 0.15) is 41.0 Å². The Bertz CT molecular complexity index is 780. The maximum atomic E-state index is 12.7. The van der Waals surface area contributed by atoms with Gasteiger partial charge in [-0.25, -0.2) is 0 Å². The van der Waals surface area contributed by atoms with Gasteiger partial charge in [0.2, 0.25) is 0 Å². The normalized spacial score (nSPS) is 12.2. The fourth-order valence-corrected chi connectivity index (χ4v) is 2.91. The van der Waals surface area contributed by atoms with Crippen molar-refractivity contribution >= 4 is 28.6 Å². The number of rotatable bonds is 8. The molecule has 0 spiro atoms. The number of amides is 1. The van der Waals surface area contributed by atoms with Crippen molar-refractivity contribution in [1.82, 2.24) is 9.88 Å². The van der Waals surface area contributed by atoms with Gasteiger partial charge in [-0.2, -0.15) is 4.98 Å². The van der Waals surface area contributed by atoms with E-state index in [0.717, 1.165) is 12.1 Å². The average molecular weight is 379 g/mol. The largest absolute Gasteiger partial charge is 0.440 e. The smallest absolute Gasteiger partial charge is 0.395 e. The number of oxazole rings is 1. The van der Waals surface area contributed by atoms with Crippen LogP contribution < -0.4 is 4.74 Å². The second kappa shape index (κ2) is 9.08. The van der Waals surface area contributed by atoms with Gasteiger partial charge in [0.25, 0.3) is 5.91 Å². The summed E-state index contributed by atoms with van der Waals surface area (Å²) < 4.78 is 11.0. The fourth-order valence-electron chi connectivity index (χ4n) is 2.75. The Morgan fingerprint density at radius 2 is 2.08 bits per heavy atom. The van der Waals surface area contributed by atoms with Crippen molar-refractivity contribution in [3.8, 4) is 6.08 Å². The van der Waals surface area contributed by atoms with Crippen LogP contribution in [0.3, 0.4) is 0 Å². The predicted molar refractivity (Wildman–Crippen MR) is 104 cm³/mol. The number of hydrogen-bond donors (Lipinski definition) is 0. The Kier molecular flexibility index (Phi) is 7.09. The minimum Gasteiger partial charge on any atom is -0.440 e. The number of hydrogen-bond acceptors (Lipinski definition) is 4. The van der Waals surface area contributed by atoms with Gasteiger partial charge in [-0.15, -0.1) is 0 Å². The molecule has 0 aliphatic rings. The lowest BCUT2D eigenvalue weighted by Gasteiger charge is -2.26. The predicted octanol–water partition coefficient (Wildman–Crippen LogP) is 5.29. The molecule has 0 unspecified atom stereocenters. The Morgan fingerprint density at radius 3 is 2.69 bits per heavy atom. The summed E-state index contributed by atoms with van der Waals surface area (Å²) in [6.07, 6.45) is 3.06. The lowest BCUT2D eigenvalue weighted by atomic mass is 10.0. The molecule has 6 heteroatoms. The number of aromatic nitrogens is 1. The minimum absolute atomic E-state index is 0.0740. The topological polar surface area (TPSA) is 55.6 Å². The number of carbonyl (C=O) groups is 1. The van der Waals surface area contributed by atoms with Crippen molar-refractivity contribution in [2.75, 3.05) is 13.2 Å². The number of ether oxygens (including phenoxy) is 1. The van der Waals surface area contributed by atoms with Crippen LogP contribution in [0.15, 0.2) is 34.4 Å². The Morgan fingerprint density at radius 1 is 1.35 bits per heavy atom. The summed E-state index contributed by atoms with van der Waals surface area (Å²) in [6, 6.07) is 5.15. The molecule has 0 saturated heterocycles. The van der Waals surface area contributed by atoms with E-state index in [1.165, 1.54) is 0 Å². The number of likely N-dealkylation sites (N-methyl/N-ethyl adjacent to an activating group) is 1. The third-order valence-electron chi connectivity index (χ3n) is 3.76. The monoisotopic (exact) mass is 378 g/mol. The SMILES string of the molecule is CCN(C(=O)COc1nc2ccc(Cl)cc2o1)/C(=C\C(C)C)CC(C)C. The van der Waals surface area contributed by atoms with Gasteiger partial charge >= 0.3 is 6.08 Å². The molecule has 0 aliphatic heterocycles. The molecular formula is C20H27ClN2O3. The van der Waals surface area contributed by atoms with E-state index >= 15 is 0 Å². The van der Waals surface area contributed by atoms with Crippen LogP contribution in [0.2, 0.25) is 5.02 Å². The Hall–Kier alpha value is -2.01. The first-order chi connectivity index (χ1) is 12.3. The number of allylic oxidation sites excluding steroid dienone is 2. The molecule has 0 N–H and O–H groups in total. The number of fused-ring (bicyclic) bond motifs is 1. The molecule has 1 heterocycles. The van der Waals surface area contributed by atoms with Crippen LogP contribution in [0.4, 0.5) is 0 Å².